The van der Waals surface area contributed by atoms with Gasteiger partial charge >= 0.3 is 0 Å². The molecule has 28 heavy (non-hydrogen) atoms. The van der Waals surface area contributed by atoms with Gasteiger partial charge < -0.3 is 10.2 Å². The van der Waals surface area contributed by atoms with Gasteiger partial charge in [0, 0.05) is 19.6 Å². The van der Waals surface area contributed by atoms with Gasteiger partial charge in [-0.15, -0.1) is 0 Å². The largest absolute Gasteiger partial charge is 0.351 e. The number of aromatic nitrogens is 3. The first-order valence-electron chi connectivity index (χ1n) is 9.49. The molecule has 1 saturated heterocycles. The maximum absolute atomic E-state index is 12.2. The number of anilines is 1. The lowest BCUT2D eigenvalue weighted by Gasteiger charge is -2.30. The Morgan fingerprint density at radius 2 is 2.18 bits per heavy atom. The molecule has 1 atom stereocenters. The molecule has 3 aromatic rings. The lowest BCUT2D eigenvalue weighted by atomic mass is 10.0. The van der Waals surface area contributed by atoms with Gasteiger partial charge in [-0.05, 0) is 24.3 Å². The van der Waals surface area contributed by atoms with E-state index < -0.39 is 0 Å². The maximum atomic E-state index is 12.2. The summed E-state index contributed by atoms with van der Waals surface area (Å²) in [5, 5.41) is 4.79. The summed E-state index contributed by atoms with van der Waals surface area (Å²) in [6.07, 6.45) is 4.02. The van der Waals surface area contributed by atoms with E-state index in [1.807, 2.05) is 30.3 Å². The number of hydrogen-bond acceptors (Lipinski definition) is 7. The van der Waals surface area contributed by atoms with Crippen molar-refractivity contribution < 1.29 is 4.79 Å². The van der Waals surface area contributed by atoms with Crippen LogP contribution in [-0.2, 0) is 11.3 Å². The Morgan fingerprint density at radius 3 is 3.00 bits per heavy atom. The molecule has 6 nitrogen and oxygen atoms in total. The summed E-state index contributed by atoms with van der Waals surface area (Å²) in [4.78, 5) is 28.0. The maximum Gasteiger partial charge on any atom is 0.230 e. The zero-order chi connectivity index (χ0) is 19.3. The van der Waals surface area contributed by atoms with Crippen LogP contribution in [0.15, 0.2) is 41.7 Å². The van der Waals surface area contributed by atoms with Crippen LogP contribution in [0, 0.1) is 5.92 Å². The lowest BCUT2D eigenvalue weighted by molar-refractivity contribution is -0.118. The minimum Gasteiger partial charge on any atom is -0.351 e. The van der Waals surface area contributed by atoms with Crippen LogP contribution in [0.4, 0.5) is 5.13 Å². The number of carbonyl (C=O) groups is 1. The Bertz CT molecular complexity index is 946. The molecule has 3 heterocycles. The molecule has 0 saturated carbocycles. The Hall–Kier alpha value is -2.19. The van der Waals surface area contributed by atoms with Crippen molar-refractivity contribution in [1.29, 1.82) is 0 Å². The zero-order valence-electron chi connectivity index (χ0n) is 15.8. The molecule has 1 unspecified atom stereocenters. The van der Waals surface area contributed by atoms with E-state index in [4.69, 9.17) is 4.98 Å². The predicted octanol–water partition coefficient (Wildman–Crippen LogP) is 3.73. The van der Waals surface area contributed by atoms with Gasteiger partial charge in [0.1, 0.15) is 16.1 Å². The van der Waals surface area contributed by atoms with Crippen molar-refractivity contribution in [3.05, 3.63) is 42.2 Å². The van der Waals surface area contributed by atoms with E-state index in [2.05, 4.69) is 27.1 Å². The first-order valence-corrected chi connectivity index (χ1v) is 11.3. The van der Waals surface area contributed by atoms with Gasteiger partial charge in [-0.3, -0.25) is 4.79 Å². The summed E-state index contributed by atoms with van der Waals surface area (Å²) in [6.45, 7) is 4.91. The molecular weight excluding hydrogens is 390 g/mol. The van der Waals surface area contributed by atoms with Gasteiger partial charge in [0.15, 0.2) is 10.8 Å². The van der Waals surface area contributed by atoms with E-state index in [1.165, 1.54) is 30.9 Å². The summed E-state index contributed by atoms with van der Waals surface area (Å²) < 4.78 is 0.969. The van der Waals surface area contributed by atoms with Crippen molar-refractivity contribution in [3.63, 3.8) is 0 Å². The fourth-order valence-electron chi connectivity index (χ4n) is 3.31. The second kappa shape index (κ2) is 8.87. The molecule has 4 rings (SSSR count). The minimum absolute atomic E-state index is 0.00444. The van der Waals surface area contributed by atoms with Crippen LogP contribution in [-0.4, -0.2) is 39.7 Å². The highest BCUT2D eigenvalue weighted by molar-refractivity contribution is 8.00. The second-order valence-electron chi connectivity index (χ2n) is 7.07. The number of hydrogen-bond donors (Lipinski definition) is 1. The van der Waals surface area contributed by atoms with Gasteiger partial charge in [0.25, 0.3) is 0 Å². The minimum atomic E-state index is -0.00444. The Kier molecular flexibility index (Phi) is 6.07. The van der Waals surface area contributed by atoms with Crippen molar-refractivity contribution >= 4 is 44.5 Å². The summed E-state index contributed by atoms with van der Waals surface area (Å²) in [7, 11) is 0. The van der Waals surface area contributed by atoms with E-state index in [0.29, 0.717) is 18.2 Å². The molecule has 0 radical (unpaired) electrons. The van der Waals surface area contributed by atoms with Crippen LogP contribution in [0.25, 0.3) is 10.3 Å². The third-order valence-corrected chi connectivity index (χ3v) is 6.98. The van der Waals surface area contributed by atoms with Gasteiger partial charge in [0.2, 0.25) is 5.91 Å². The van der Waals surface area contributed by atoms with E-state index in [1.54, 1.807) is 11.3 Å². The number of thiazole rings is 1. The Labute approximate surface area is 172 Å². The van der Waals surface area contributed by atoms with Gasteiger partial charge in [-0.25, -0.2) is 9.97 Å². The van der Waals surface area contributed by atoms with Crippen molar-refractivity contribution in [2.24, 2.45) is 5.92 Å². The standard InChI is InChI=1S/C20H23N5OS2/c1-14-6-5-9-25(11-14)20-24-18-17(28-20)19(23-13-22-18)27-12-16(26)21-10-15-7-3-2-4-8-15/h2-4,7-8,13-14H,5-6,9-12H2,1H3,(H,21,26). The fourth-order valence-corrected chi connectivity index (χ4v) is 5.26. The average molecular weight is 414 g/mol. The van der Waals surface area contributed by atoms with Crippen LogP contribution in [0.2, 0.25) is 0 Å². The first kappa shape index (κ1) is 19.1. The number of nitrogens with one attached hydrogen (secondary N) is 1. The number of amides is 1. The summed E-state index contributed by atoms with van der Waals surface area (Å²) in [6, 6.07) is 9.91. The molecule has 0 aliphatic carbocycles. The van der Waals surface area contributed by atoms with Crippen molar-refractivity contribution in [3.8, 4) is 0 Å². The number of thioether (sulfide) groups is 1. The third kappa shape index (κ3) is 4.62. The van der Waals surface area contributed by atoms with Gasteiger partial charge in [-0.2, -0.15) is 4.98 Å². The lowest BCUT2D eigenvalue weighted by Crippen LogP contribution is -2.34. The predicted molar refractivity (Wildman–Crippen MR) is 115 cm³/mol. The molecule has 1 aliphatic rings. The molecule has 1 N–H and O–H groups in total. The first-order chi connectivity index (χ1) is 13.7. The third-order valence-electron chi connectivity index (χ3n) is 4.75. The number of carbonyl (C=O) groups excluding carboxylic acids is 1. The average Bonchev–Trinajstić information content (AvgIpc) is 3.16. The van der Waals surface area contributed by atoms with Crippen molar-refractivity contribution in [2.75, 3.05) is 23.7 Å². The van der Waals surface area contributed by atoms with Crippen LogP contribution in [0.1, 0.15) is 25.3 Å². The molecule has 146 valence electrons. The number of fused-ring (bicyclic) bond motifs is 1. The van der Waals surface area contributed by atoms with Crippen LogP contribution in [0.3, 0.4) is 0 Å². The summed E-state index contributed by atoms with van der Waals surface area (Å²) >= 11 is 3.07. The van der Waals surface area contributed by atoms with Crippen LogP contribution in [0.5, 0.6) is 0 Å². The highest BCUT2D eigenvalue weighted by Crippen LogP contribution is 2.35. The quantitative estimate of drug-likeness (QED) is 0.490. The fraction of sp³-hybridized carbons (Fsp3) is 0.400. The topological polar surface area (TPSA) is 71.0 Å². The molecule has 1 fully saturated rings. The molecule has 2 aromatic heterocycles. The van der Waals surface area contributed by atoms with E-state index in [-0.39, 0.29) is 5.91 Å². The molecule has 1 aromatic carbocycles. The second-order valence-corrected chi connectivity index (χ2v) is 9.01. The summed E-state index contributed by atoms with van der Waals surface area (Å²) in [5.41, 5.74) is 1.81. The molecule has 8 heteroatoms. The smallest absolute Gasteiger partial charge is 0.230 e. The van der Waals surface area contributed by atoms with Gasteiger partial charge in [0.05, 0.1) is 5.75 Å². The molecule has 0 bridgehead atoms. The molecule has 1 aliphatic heterocycles. The van der Waals surface area contributed by atoms with E-state index >= 15 is 0 Å². The Balaban J connectivity index is 1.40. The summed E-state index contributed by atoms with van der Waals surface area (Å²) in [5.74, 6) is 1.01. The van der Waals surface area contributed by atoms with Crippen LogP contribution < -0.4 is 10.2 Å². The monoisotopic (exact) mass is 413 g/mol. The highest BCUT2D eigenvalue weighted by atomic mass is 32.2. The normalized spacial score (nSPS) is 17.0. The Morgan fingerprint density at radius 1 is 1.32 bits per heavy atom. The van der Waals surface area contributed by atoms with E-state index in [0.717, 1.165) is 39.2 Å². The molecular formula is C20H23N5OS2. The van der Waals surface area contributed by atoms with Crippen molar-refractivity contribution in [1.82, 2.24) is 20.3 Å². The number of benzene rings is 1. The van der Waals surface area contributed by atoms with E-state index in [9.17, 15) is 4.79 Å². The number of rotatable bonds is 6. The SMILES string of the molecule is CC1CCCN(c2nc3ncnc(SCC(=O)NCc4ccccc4)c3s2)C1. The van der Waals surface area contributed by atoms with Crippen LogP contribution >= 0.6 is 23.1 Å². The number of nitrogens with zero attached hydrogens (tertiary/aromatic N) is 4. The molecule has 1 amide bonds. The van der Waals surface area contributed by atoms with Gasteiger partial charge in [-0.1, -0.05) is 60.4 Å². The molecule has 0 spiro atoms. The highest BCUT2D eigenvalue weighted by Gasteiger charge is 2.21. The van der Waals surface area contributed by atoms with Crippen molar-refractivity contribution in [2.45, 2.75) is 31.3 Å². The number of piperidine rings is 1. The zero-order valence-corrected chi connectivity index (χ0v) is 17.4.